The van der Waals surface area contributed by atoms with Crippen molar-refractivity contribution in [3.8, 4) is 0 Å². The predicted molar refractivity (Wildman–Crippen MR) is 98.6 cm³/mol. The lowest BCUT2D eigenvalue weighted by atomic mass is 9.92. The number of nitrogens with zero attached hydrogens (tertiary/aromatic N) is 2. The van der Waals surface area contributed by atoms with E-state index in [2.05, 4.69) is 6.07 Å². The van der Waals surface area contributed by atoms with Crippen molar-refractivity contribution in [1.82, 2.24) is 0 Å². The van der Waals surface area contributed by atoms with Crippen molar-refractivity contribution in [1.29, 1.82) is 0 Å². The van der Waals surface area contributed by atoms with E-state index in [0.717, 1.165) is 48.5 Å². The molecule has 0 aromatic heterocycles. The van der Waals surface area contributed by atoms with Crippen LogP contribution in [0.15, 0.2) is 53.5 Å². The van der Waals surface area contributed by atoms with Crippen molar-refractivity contribution < 1.29 is 4.79 Å². The molecule has 0 saturated carbocycles. The fourth-order valence-electron chi connectivity index (χ4n) is 3.65. The maximum Gasteiger partial charge on any atom is 0.244 e. The van der Waals surface area contributed by atoms with Gasteiger partial charge in [0.15, 0.2) is 0 Å². The first kappa shape index (κ1) is 15.4. The second-order valence-corrected chi connectivity index (χ2v) is 6.77. The first-order chi connectivity index (χ1) is 11.8. The first-order valence-electron chi connectivity index (χ1n) is 8.47. The van der Waals surface area contributed by atoms with Gasteiger partial charge in [-0.3, -0.25) is 14.7 Å². The first-order valence-corrected chi connectivity index (χ1v) is 8.85. The van der Waals surface area contributed by atoms with Gasteiger partial charge < -0.3 is 0 Å². The smallest absolute Gasteiger partial charge is 0.244 e. The van der Waals surface area contributed by atoms with Crippen molar-refractivity contribution in [2.75, 3.05) is 11.4 Å². The maximum atomic E-state index is 13.3. The normalized spacial score (nSPS) is 20.5. The van der Waals surface area contributed by atoms with Gasteiger partial charge in [0.1, 0.15) is 5.92 Å². The van der Waals surface area contributed by atoms with E-state index in [-0.39, 0.29) is 11.8 Å². The van der Waals surface area contributed by atoms with Gasteiger partial charge in [0, 0.05) is 17.3 Å². The van der Waals surface area contributed by atoms with Crippen LogP contribution in [0.5, 0.6) is 0 Å². The van der Waals surface area contributed by atoms with E-state index in [1.165, 1.54) is 6.42 Å². The lowest BCUT2D eigenvalue weighted by Gasteiger charge is -2.19. The Labute approximate surface area is 147 Å². The van der Waals surface area contributed by atoms with Crippen molar-refractivity contribution in [2.45, 2.75) is 31.6 Å². The number of aliphatic imine (C=N–C) groups is 1. The molecule has 24 heavy (non-hydrogen) atoms. The van der Waals surface area contributed by atoms with Crippen LogP contribution < -0.4 is 4.90 Å². The number of carbonyl (C=O) groups is 1. The minimum absolute atomic E-state index is 0.0825. The highest BCUT2D eigenvalue weighted by Crippen LogP contribution is 2.43. The third-order valence-corrected chi connectivity index (χ3v) is 5.00. The zero-order valence-corrected chi connectivity index (χ0v) is 14.2. The molecule has 1 amide bonds. The molecule has 2 heterocycles. The Morgan fingerprint density at radius 2 is 1.92 bits per heavy atom. The van der Waals surface area contributed by atoms with E-state index < -0.39 is 0 Å². The summed E-state index contributed by atoms with van der Waals surface area (Å²) >= 11 is 6.14. The Morgan fingerprint density at radius 3 is 2.79 bits per heavy atom. The van der Waals surface area contributed by atoms with E-state index in [9.17, 15) is 4.79 Å². The van der Waals surface area contributed by atoms with Gasteiger partial charge in [-0.15, -0.1) is 0 Å². The number of anilines is 2. The van der Waals surface area contributed by atoms with Crippen LogP contribution in [0.1, 0.15) is 37.2 Å². The fourth-order valence-corrected chi connectivity index (χ4v) is 3.84. The van der Waals surface area contributed by atoms with Gasteiger partial charge in [0.2, 0.25) is 5.91 Å². The molecule has 2 aliphatic rings. The number of halogens is 1. The number of para-hydroxylation sites is 1. The molecule has 0 N–H and O–H groups in total. The fraction of sp³-hybridized carbons (Fsp3) is 0.300. The number of hydrogen-bond donors (Lipinski definition) is 0. The number of fused-ring (bicyclic) bond motifs is 1. The summed E-state index contributed by atoms with van der Waals surface area (Å²) in [4.78, 5) is 19.8. The van der Waals surface area contributed by atoms with Crippen molar-refractivity contribution in [2.24, 2.45) is 4.99 Å². The number of rotatable bonds is 2. The zero-order valence-electron chi connectivity index (χ0n) is 13.4. The van der Waals surface area contributed by atoms with E-state index >= 15 is 0 Å². The summed E-state index contributed by atoms with van der Waals surface area (Å²) in [5, 5.41) is 0.632. The van der Waals surface area contributed by atoms with Crippen molar-refractivity contribution >= 4 is 34.6 Å². The molecule has 2 aliphatic heterocycles. The minimum atomic E-state index is -0.252. The van der Waals surface area contributed by atoms with Crippen LogP contribution in [0.2, 0.25) is 5.02 Å². The maximum absolute atomic E-state index is 13.3. The molecule has 0 spiro atoms. The molecule has 1 unspecified atom stereocenters. The van der Waals surface area contributed by atoms with Gasteiger partial charge in [-0.2, -0.15) is 0 Å². The van der Waals surface area contributed by atoms with E-state index in [4.69, 9.17) is 16.6 Å². The summed E-state index contributed by atoms with van der Waals surface area (Å²) < 4.78 is 0. The van der Waals surface area contributed by atoms with Crippen LogP contribution in [0.3, 0.4) is 0 Å². The second-order valence-electron chi connectivity index (χ2n) is 6.33. The summed E-state index contributed by atoms with van der Waals surface area (Å²) in [5.41, 5.74) is 3.86. The van der Waals surface area contributed by atoms with Crippen LogP contribution in [0.4, 0.5) is 11.4 Å². The number of hydrogen-bond acceptors (Lipinski definition) is 2. The second kappa shape index (κ2) is 6.40. The Morgan fingerprint density at radius 1 is 1.04 bits per heavy atom. The van der Waals surface area contributed by atoms with Gasteiger partial charge in [-0.25, -0.2) is 0 Å². The molecule has 0 aliphatic carbocycles. The summed E-state index contributed by atoms with van der Waals surface area (Å²) in [7, 11) is 0. The molecule has 2 aromatic carbocycles. The molecule has 4 rings (SSSR count). The number of carbonyl (C=O) groups excluding carboxylic acids is 1. The molecule has 1 atom stereocenters. The molecule has 0 radical (unpaired) electrons. The van der Waals surface area contributed by atoms with Crippen LogP contribution in [0, 0.1) is 0 Å². The van der Waals surface area contributed by atoms with Crippen molar-refractivity contribution in [3.05, 3.63) is 59.1 Å². The quantitative estimate of drug-likeness (QED) is 0.748. The van der Waals surface area contributed by atoms with Crippen LogP contribution in [-0.2, 0) is 4.79 Å². The monoisotopic (exact) mass is 338 g/mol. The van der Waals surface area contributed by atoms with Crippen LogP contribution in [0.25, 0.3) is 0 Å². The molecule has 0 fully saturated rings. The molecule has 0 saturated heterocycles. The molecule has 122 valence electrons. The number of amides is 1. The van der Waals surface area contributed by atoms with Crippen molar-refractivity contribution in [3.63, 3.8) is 0 Å². The molecular formula is C20H19ClN2O. The van der Waals surface area contributed by atoms with Gasteiger partial charge in [0.05, 0.1) is 11.4 Å². The highest BCUT2D eigenvalue weighted by atomic mass is 35.5. The van der Waals surface area contributed by atoms with E-state index in [1.807, 2.05) is 42.5 Å². The highest BCUT2D eigenvalue weighted by Gasteiger charge is 2.40. The summed E-state index contributed by atoms with van der Waals surface area (Å²) in [5.74, 6) is -0.169. The topological polar surface area (TPSA) is 32.7 Å². The molecular weight excluding hydrogens is 320 g/mol. The molecule has 3 nitrogen and oxygen atoms in total. The van der Waals surface area contributed by atoms with Crippen LogP contribution >= 0.6 is 11.6 Å². The van der Waals surface area contributed by atoms with Gasteiger partial charge in [-0.1, -0.05) is 42.3 Å². The standard InChI is InChI=1S/C20H19ClN2O/c21-14-7-6-8-15(13-14)23-18-11-4-3-9-16(18)19(20(23)24)17-10-2-1-5-12-22-17/h3-4,6-9,11,13,19H,1-2,5,10,12H2. The third kappa shape index (κ3) is 2.63. The zero-order chi connectivity index (χ0) is 16.5. The molecule has 0 bridgehead atoms. The average Bonchev–Trinajstić information content (AvgIpc) is 2.74. The predicted octanol–water partition coefficient (Wildman–Crippen LogP) is 5.12. The lowest BCUT2D eigenvalue weighted by Crippen LogP contribution is -2.28. The minimum Gasteiger partial charge on any atom is -0.293 e. The molecule has 2 aromatic rings. The van der Waals surface area contributed by atoms with E-state index in [0.29, 0.717) is 5.02 Å². The van der Waals surface area contributed by atoms with Gasteiger partial charge in [-0.05, 0) is 49.1 Å². The SMILES string of the molecule is O=C1C(C2=NCCCCC2)c2ccccc2N1c1cccc(Cl)c1. The highest BCUT2D eigenvalue weighted by molar-refractivity contribution is 6.31. The average molecular weight is 339 g/mol. The van der Waals surface area contributed by atoms with Gasteiger partial charge >= 0.3 is 0 Å². The van der Waals surface area contributed by atoms with E-state index in [1.54, 1.807) is 4.90 Å². The Bertz CT molecular complexity index is 815. The number of benzene rings is 2. The Balaban J connectivity index is 1.81. The summed E-state index contributed by atoms with van der Waals surface area (Å²) in [6, 6.07) is 15.5. The third-order valence-electron chi connectivity index (χ3n) is 4.76. The Kier molecular flexibility index (Phi) is 4.11. The van der Waals surface area contributed by atoms with Gasteiger partial charge in [0.25, 0.3) is 0 Å². The molecule has 4 heteroatoms. The Hall–Kier alpha value is -2.13. The summed E-state index contributed by atoms with van der Waals surface area (Å²) in [6.45, 7) is 0.832. The largest absolute Gasteiger partial charge is 0.293 e. The lowest BCUT2D eigenvalue weighted by molar-refractivity contribution is -0.117. The van der Waals surface area contributed by atoms with Crippen LogP contribution in [-0.4, -0.2) is 18.2 Å². The summed E-state index contributed by atoms with van der Waals surface area (Å²) in [6.07, 6.45) is 4.33.